The van der Waals surface area contributed by atoms with Gasteiger partial charge in [-0.25, -0.2) is 0 Å². The molecule has 1 fully saturated rings. The van der Waals surface area contributed by atoms with E-state index < -0.39 is 17.9 Å². The summed E-state index contributed by atoms with van der Waals surface area (Å²) in [6.07, 6.45) is 4.70. The Hall–Kier alpha value is -0.760. The van der Waals surface area contributed by atoms with Crippen LogP contribution in [0.4, 0.5) is 0 Å². The van der Waals surface area contributed by atoms with Crippen LogP contribution in [0.25, 0.3) is 0 Å². The van der Waals surface area contributed by atoms with Crippen LogP contribution in [0.2, 0.25) is 0 Å². The van der Waals surface area contributed by atoms with Gasteiger partial charge in [-0.2, -0.15) is 0 Å². The molecule has 0 aromatic heterocycles. The molecule has 0 atom stereocenters. The van der Waals surface area contributed by atoms with E-state index in [-0.39, 0.29) is 0 Å². The largest absolute Gasteiger partial charge is 0.346 e. The Balaban J connectivity index is 2.40. The average Bonchev–Trinajstić information content (AvgIpc) is 3.00. The van der Waals surface area contributed by atoms with Gasteiger partial charge in [0, 0.05) is 28.4 Å². The lowest BCUT2D eigenvalue weighted by molar-refractivity contribution is -0.184. The molecule has 1 aliphatic carbocycles. The van der Waals surface area contributed by atoms with E-state index in [0.717, 1.165) is 0 Å². The van der Waals surface area contributed by atoms with Crippen molar-refractivity contribution in [3.63, 3.8) is 0 Å². The van der Waals surface area contributed by atoms with Gasteiger partial charge in [0.05, 0.1) is 18.8 Å². The average molecular weight is 272 g/mol. The number of hydrogen-bond acceptors (Lipinski definition) is 6. The molecule has 0 radical (unpaired) electrons. The van der Waals surface area contributed by atoms with Crippen LogP contribution in [0.5, 0.6) is 0 Å². The summed E-state index contributed by atoms with van der Waals surface area (Å²) in [5.74, 6) is -2.00. The van der Waals surface area contributed by atoms with Crippen molar-refractivity contribution in [3.05, 3.63) is 23.8 Å². The molecular weight excluding hydrogens is 252 g/mol. The first kappa shape index (κ1) is 14.6. The maximum Gasteiger partial charge on any atom is 0.215 e. The van der Waals surface area contributed by atoms with Crippen molar-refractivity contribution < 1.29 is 28.4 Å². The van der Waals surface area contributed by atoms with Crippen LogP contribution >= 0.6 is 0 Å². The van der Waals surface area contributed by atoms with Crippen molar-refractivity contribution in [2.75, 3.05) is 41.7 Å². The monoisotopic (exact) mass is 272 g/mol. The summed E-state index contributed by atoms with van der Waals surface area (Å²) in [6.45, 7) is 1.06. The lowest BCUT2D eigenvalue weighted by Gasteiger charge is -2.39. The molecule has 0 spiro atoms. The second-order valence-electron chi connectivity index (χ2n) is 4.21. The smallest absolute Gasteiger partial charge is 0.215 e. The Morgan fingerprint density at radius 2 is 1.53 bits per heavy atom. The molecule has 0 amide bonds. The lowest BCUT2D eigenvalue weighted by Crippen LogP contribution is -2.45. The summed E-state index contributed by atoms with van der Waals surface area (Å²) < 4.78 is 32.8. The molecule has 2 aliphatic rings. The van der Waals surface area contributed by atoms with Gasteiger partial charge < -0.3 is 28.4 Å². The van der Waals surface area contributed by atoms with Gasteiger partial charge in [0.15, 0.2) is 6.29 Å². The molecule has 1 heterocycles. The predicted molar refractivity (Wildman–Crippen MR) is 66.4 cm³/mol. The zero-order valence-corrected chi connectivity index (χ0v) is 11.7. The van der Waals surface area contributed by atoms with Crippen LogP contribution in [0.3, 0.4) is 0 Å². The fourth-order valence-corrected chi connectivity index (χ4v) is 2.25. The highest BCUT2D eigenvalue weighted by Gasteiger charge is 2.45. The van der Waals surface area contributed by atoms with E-state index in [4.69, 9.17) is 28.4 Å². The first-order valence-electron chi connectivity index (χ1n) is 6.02. The lowest BCUT2D eigenvalue weighted by atomic mass is 9.94. The molecule has 0 saturated carbocycles. The summed E-state index contributed by atoms with van der Waals surface area (Å²) in [6, 6.07) is 0. The first-order valence-corrected chi connectivity index (χ1v) is 6.02. The van der Waals surface area contributed by atoms with Crippen molar-refractivity contribution in [2.24, 2.45) is 0 Å². The minimum absolute atomic E-state index is 0.530. The highest BCUT2D eigenvalue weighted by Crippen LogP contribution is 2.37. The fourth-order valence-electron chi connectivity index (χ4n) is 2.25. The predicted octanol–water partition coefficient (Wildman–Crippen LogP) is 0.834. The second kappa shape index (κ2) is 5.70. The van der Waals surface area contributed by atoms with E-state index in [2.05, 4.69) is 0 Å². The zero-order valence-electron chi connectivity index (χ0n) is 11.7. The van der Waals surface area contributed by atoms with Crippen LogP contribution in [0.15, 0.2) is 23.8 Å². The summed E-state index contributed by atoms with van der Waals surface area (Å²) in [7, 11) is 6.24. The molecule has 0 N–H and O–H groups in total. The third kappa shape index (κ3) is 2.47. The maximum absolute atomic E-state index is 5.54. The zero-order chi connectivity index (χ0) is 13.9. The molecule has 0 aromatic rings. The van der Waals surface area contributed by atoms with Crippen molar-refractivity contribution in [1.29, 1.82) is 0 Å². The van der Waals surface area contributed by atoms with Gasteiger partial charge >= 0.3 is 0 Å². The Morgan fingerprint density at radius 1 is 0.947 bits per heavy atom. The van der Waals surface area contributed by atoms with Gasteiger partial charge in [-0.1, -0.05) is 0 Å². The summed E-state index contributed by atoms with van der Waals surface area (Å²) in [4.78, 5) is 0. The molecule has 0 aromatic carbocycles. The molecule has 0 unspecified atom stereocenters. The Labute approximate surface area is 112 Å². The highest BCUT2D eigenvalue weighted by molar-refractivity contribution is 5.34. The van der Waals surface area contributed by atoms with E-state index in [1.807, 2.05) is 0 Å². The van der Waals surface area contributed by atoms with Crippen LogP contribution in [0, 0.1) is 0 Å². The third-order valence-electron chi connectivity index (χ3n) is 3.41. The third-order valence-corrected chi connectivity index (χ3v) is 3.41. The van der Waals surface area contributed by atoms with Gasteiger partial charge in [0.2, 0.25) is 11.6 Å². The quantitative estimate of drug-likeness (QED) is 0.546. The first-order chi connectivity index (χ1) is 9.15. The molecular formula is C13H20O6. The number of rotatable bonds is 5. The van der Waals surface area contributed by atoms with Crippen LogP contribution in [-0.4, -0.2) is 59.5 Å². The van der Waals surface area contributed by atoms with Gasteiger partial charge in [-0.15, -0.1) is 0 Å². The Morgan fingerprint density at radius 3 is 2.00 bits per heavy atom. The van der Waals surface area contributed by atoms with E-state index >= 15 is 0 Å². The summed E-state index contributed by atoms with van der Waals surface area (Å²) >= 11 is 0. The van der Waals surface area contributed by atoms with E-state index in [1.54, 1.807) is 46.7 Å². The Kier molecular flexibility index (Phi) is 4.39. The molecule has 108 valence electrons. The van der Waals surface area contributed by atoms with Crippen molar-refractivity contribution in [3.8, 4) is 0 Å². The summed E-state index contributed by atoms with van der Waals surface area (Å²) in [5, 5.41) is 0. The molecule has 6 nitrogen and oxygen atoms in total. The topological polar surface area (TPSA) is 55.4 Å². The fraction of sp³-hybridized carbons (Fsp3) is 0.692. The van der Waals surface area contributed by atoms with Crippen LogP contribution in [-0.2, 0) is 28.4 Å². The maximum atomic E-state index is 5.54. The van der Waals surface area contributed by atoms with Crippen molar-refractivity contribution in [1.82, 2.24) is 0 Å². The molecule has 1 aliphatic heterocycles. The van der Waals surface area contributed by atoms with Gasteiger partial charge in [-0.05, 0) is 18.2 Å². The van der Waals surface area contributed by atoms with Gasteiger partial charge in [-0.3, -0.25) is 0 Å². The van der Waals surface area contributed by atoms with E-state index in [9.17, 15) is 0 Å². The number of methoxy groups -OCH3 is 4. The van der Waals surface area contributed by atoms with Crippen LogP contribution in [0.1, 0.15) is 0 Å². The second-order valence-corrected chi connectivity index (χ2v) is 4.21. The minimum Gasteiger partial charge on any atom is -0.346 e. The molecule has 19 heavy (non-hydrogen) atoms. The van der Waals surface area contributed by atoms with Gasteiger partial charge in [0.25, 0.3) is 0 Å². The van der Waals surface area contributed by atoms with E-state index in [1.165, 1.54) is 0 Å². The number of hydrogen-bond donors (Lipinski definition) is 0. The van der Waals surface area contributed by atoms with Crippen LogP contribution < -0.4 is 0 Å². The highest BCUT2D eigenvalue weighted by atomic mass is 16.7. The summed E-state index contributed by atoms with van der Waals surface area (Å²) in [5.41, 5.74) is 0.668. The molecule has 1 saturated heterocycles. The minimum atomic E-state index is -1.03. The van der Waals surface area contributed by atoms with Gasteiger partial charge in [0.1, 0.15) is 0 Å². The van der Waals surface area contributed by atoms with Crippen molar-refractivity contribution in [2.45, 2.75) is 17.9 Å². The Bertz CT molecular complexity index is 361. The van der Waals surface area contributed by atoms with Crippen molar-refractivity contribution >= 4 is 0 Å². The molecule has 0 bridgehead atoms. The molecule has 6 heteroatoms. The SMILES string of the molecule is COC1(OC)C=CC(OC)(OC)C(C2OCCO2)=C1. The van der Waals surface area contributed by atoms with E-state index in [0.29, 0.717) is 18.8 Å². The number of ether oxygens (including phenoxy) is 6. The molecule has 2 rings (SSSR count). The standard InChI is InChI=1S/C13H20O6/c1-14-12(15-2)5-6-13(16-3,17-4)10(9-12)11-18-7-8-19-11/h5-6,9,11H,7-8H2,1-4H3. The normalized spacial score (nSPS) is 25.6.